The molecule has 18 heavy (non-hydrogen) atoms. The molecule has 98 valence electrons. The first-order valence-corrected chi connectivity index (χ1v) is 6.25. The van der Waals surface area contributed by atoms with Crippen molar-refractivity contribution in [1.29, 1.82) is 0 Å². The van der Waals surface area contributed by atoms with E-state index in [0.717, 1.165) is 25.8 Å². The van der Waals surface area contributed by atoms with Crippen LogP contribution in [0.3, 0.4) is 0 Å². The van der Waals surface area contributed by atoms with Gasteiger partial charge >= 0.3 is 0 Å². The fraction of sp³-hybridized carbons (Fsp3) is 0.538. The van der Waals surface area contributed by atoms with E-state index in [0.29, 0.717) is 18.0 Å². The summed E-state index contributed by atoms with van der Waals surface area (Å²) in [5.74, 6) is 0.281. The maximum absolute atomic E-state index is 12.2. The highest BCUT2D eigenvalue weighted by Crippen LogP contribution is 2.21. The number of amides is 1. The molecule has 1 aliphatic heterocycles. The van der Waals surface area contributed by atoms with Gasteiger partial charge in [0.2, 0.25) is 0 Å². The molecule has 0 aliphatic carbocycles. The van der Waals surface area contributed by atoms with Gasteiger partial charge in [0.25, 0.3) is 5.91 Å². The Morgan fingerprint density at radius 3 is 3.06 bits per heavy atom. The number of hydrogen-bond acceptors (Lipinski definition) is 4. The van der Waals surface area contributed by atoms with Gasteiger partial charge in [0.15, 0.2) is 0 Å². The summed E-state index contributed by atoms with van der Waals surface area (Å²) in [5.41, 5.74) is 0.416. The van der Waals surface area contributed by atoms with E-state index in [1.54, 1.807) is 4.90 Å². The fourth-order valence-corrected chi connectivity index (χ4v) is 2.40. The summed E-state index contributed by atoms with van der Waals surface area (Å²) in [6.45, 7) is 1.58. The lowest BCUT2D eigenvalue weighted by molar-refractivity contribution is 0.0653. The predicted molar refractivity (Wildman–Crippen MR) is 66.2 cm³/mol. The first-order chi connectivity index (χ1) is 8.70. The number of nitrogens with zero attached hydrogens (tertiary/aromatic N) is 2. The molecule has 0 aromatic carbocycles. The number of pyridine rings is 1. The fourth-order valence-electron chi connectivity index (χ4n) is 2.40. The van der Waals surface area contributed by atoms with Crippen molar-refractivity contribution in [2.75, 3.05) is 19.7 Å². The third-order valence-electron chi connectivity index (χ3n) is 3.31. The number of piperidine rings is 1. The first-order valence-electron chi connectivity index (χ1n) is 6.25. The Bertz CT molecular complexity index is 420. The van der Waals surface area contributed by atoms with Crippen LogP contribution in [0.5, 0.6) is 5.75 Å². The highest BCUT2D eigenvalue weighted by atomic mass is 16.3. The van der Waals surface area contributed by atoms with Crippen LogP contribution in [0.25, 0.3) is 0 Å². The van der Waals surface area contributed by atoms with Gasteiger partial charge in [0, 0.05) is 25.9 Å². The van der Waals surface area contributed by atoms with E-state index < -0.39 is 0 Å². The van der Waals surface area contributed by atoms with E-state index in [1.807, 2.05) is 0 Å². The van der Waals surface area contributed by atoms with Crippen molar-refractivity contribution in [3.63, 3.8) is 0 Å². The molecule has 0 spiro atoms. The third-order valence-corrected chi connectivity index (χ3v) is 3.31. The van der Waals surface area contributed by atoms with Crippen LogP contribution in [-0.2, 0) is 0 Å². The minimum Gasteiger partial charge on any atom is -0.506 e. The Hall–Kier alpha value is -1.62. The molecule has 2 heterocycles. The maximum atomic E-state index is 12.2. The molecule has 1 aliphatic rings. The maximum Gasteiger partial charge on any atom is 0.255 e. The third kappa shape index (κ3) is 2.98. The number of rotatable bonds is 3. The number of aromatic nitrogens is 1. The number of aliphatic hydroxyl groups excluding tert-OH is 1. The molecule has 0 saturated carbocycles. The smallest absolute Gasteiger partial charge is 0.255 e. The van der Waals surface area contributed by atoms with Gasteiger partial charge in [-0.3, -0.25) is 9.78 Å². The molecule has 2 rings (SSSR count). The van der Waals surface area contributed by atoms with Crippen molar-refractivity contribution in [3.05, 3.63) is 24.0 Å². The molecular formula is C13H18N2O3. The highest BCUT2D eigenvalue weighted by Gasteiger charge is 2.24. The lowest BCUT2D eigenvalue weighted by Crippen LogP contribution is -2.40. The van der Waals surface area contributed by atoms with Gasteiger partial charge in [-0.25, -0.2) is 0 Å². The van der Waals surface area contributed by atoms with Crippen LogP contribution in [0.1, 0.15) is 29.6 Å². The van der Waals surface area contributed by atoms with Gasteiger partial charge < -0.3 is 15.1 Å². The zero-order valence-electron chi connectivity index (χ0n) is 10.2. The highest BCUT2D eigenvalue weighted by molar-refractivity contribution is 5.94. The number of aromatic hydroxyl groups is 1. The zero-order chi connectivity index (χ0) is 13.0. The lowest BCUT2D eigenvalue weighted by Gasteiger charge is -2.32. The summed E-state index contributed by atoms with van der Waals surface area (Å²) in [6, 6.07) is 1.44. The molecule has 1 saturated heterocycles. The molecule has 0 radical (unpaired) electrons. The summed E-state index contributed by atoms with van der Waals surface area (Å²) in [4.78, 5) is 17.8. The Morgan fingerprint density at radius 2 is 2.33 bits per heavy atom. The second-order valence-electron chi connectivity index (χ2n) is 4.70. The summed E-state index contributed by atoms with van der Waals surface area (Å²) in [6.07, 6.45) is 5.53. The summed E-state index contributed by atoms with van der Waals surface area (Å²) < 4.78 is 0. The average molecular weight is 250 g/mol. The van der Waals surface area contributed by atoms with Gasteiger partial charge in [-0.15, -0.1) is 0 Å². The minimum atomic E-state index is -0.0963. The van der Waals surface area contributed by atoms with Gasteiger partial charge in [0.05, 0.1) is 11.8 Å². The van der Waals surface area contributed by atoms with Crippen molar-refractivity contribution in [1.82, 2.24) is 9.88 Å². The molecule has 1 aromatic rings. The number of aliphatic hydroxyl groups is 1. The molecule has 1 atom stereocenters. The Kier molecular flexibility index (Phi) is 4.15. The minimum absolute atomic E-state index is 0.00441. The van der Waals surface area contributed by atoms with Crippen LogP contribution >= 0.6 is 0 Å². The van der Waals surface area contributed by atoms with Gasteiger partial charge in [-0.05, 0) is 31.2 Å². The average Bonchev–Trinajstić information content (AvgIpc) is 2.39. The SMILES string of the molecule is O=C(c1cncc(O)c1)N1CCCC(CCO)C1. The number of likely N-dealkylation sites (tertiary alicyclic amines) is 1. The van der Waals surface area contributed by atoms with Crippen LogP contribution in [0.15, 0.2) is 18.5 Å². The van der Waals surface area contributed by atoms with Gasteiger partial charge in [-0.1, -0.05) is 0 Å². The summed E-state index contributed by atoms with van der Waals surface area (Å²) in [5, 5.41) is 18.3. The van der Waals surface area contributed by atoms with E-state index in [9.17, 15) is 9.90 Å². The van der Waals surface area contributed by atoms with E-state index >= 15 is 0 Å². The van der Waals surface area contributed by atoms with Crippen molar-refractivity contribution < 1.29 is 15.0 Å². The van der Waals surface area contributed by atoms with Gasteiger partial charge in [0.1, 0.15) is 5.75 Å². The van der Waals surface area contributed by atoms with E-state index in [1.165, 1.54) is 18.5 Å². The van der Waals surface area contributed by atoms with E-state index in [4.69, 9.17) is 5.11 Å². The number of carbonyl (C=O) groups excluding carboxylic acids is 1. The molecular weight excluding hydrogens is 232 g/mol. The van der Waals surface area contributed by atoms with E-state index in [2.05, 4.69) is 4.98 Å². The van der Waals surface area contributed by atoms with Crippen molar-refractivity contribution in [2.24, 2.45) is 5.92 Å². The van der Waals surface area contributed by atoms with Gasteiger partial charge in [-0.2, -0.15) is 0 Å². The van der Waals surface area contributed by atoms with Crippen LogP contribution in [0.2, 0.25) is 0 Å². The molecule has 5 nitrogen and oxygen atoms in total. The molecule has 1 unspecified atom stereocenters. The van der Waals surface area contributed by atoms with Crippen LogP contribution in [0.4, 0.5) is 0 Å². The van der Waals surface area contributed by atoms with Crippen LogP contribution < -0.4 is 0 Å². The van der Waals surface area contributed by atoms with Crippen molar-refractivity contribution in [2.45, 2.75) is 19.3 Å². The first kappa shape index (κ1) is 12.8. The standard InChI is InChI=1S/C13H18N2O3/c16-5-3-10-2-1-4-15(9-10)13(18)11-6-12(17)8-14-7-11/h6-8,10,16-17H,1-5,9H2. The van der Waals surface area contributed by atoms with Crippen LogP contribution in [-0.4, -0.2) is 45.7 Å². The quantitative estimate of drug-likeness (QED) is 0.840. The second kappa shape index (κ2) is 5.82. The van der Waals surface area contributed by atoms with Crippen molar-refractivity contribution in [3.8, 4) is 5.75 Å². The van der Waals surface area contributed by atoms with E-state index in [-0.39, 0.29) is 18.3 Å². The summed E-state index contributed by atoms with van der Waals surface area (Å²) in [7, 11) is 0. The Balaban J connectivity index is 2.04. The topological polar surface area (TPSA) is 73.7 Å². The van der Waals surface area contributed by atoms with Crippen LogP contribution in [0, 0.1) is 5.92 Å². The Labute approximate surface area is 106 Å². The molecule has 1 aromatic heterocycles. The molecule has 5 heteroatoms. The lowest BCUT2D eigenvalue weighted by atomic mass is 9.95. The second-order valence-corrected chi connectivity index (χ2v) is 4.70. The normalized spacial score (nSPS) is 19.8. The number of hydrogen-bond donors (Lipinski definition) is 2. The largest absolute Gasteiger partial charge is 0.506 e. The molecule has 2 N–H and O–H groups in total. The predicted octanol–water partition coefficient (Wildman–Crippen LogP) is 1.02. The monoisotopic (exact) mass is 250 g/mol. The molecule has 0 bridgehead atoms. The Morgan fingerprint density at radius 1 is 1.50 bits per heavy atom. The molecule has 1 amide bonds. The van der Waals surface area contributed by atoms with Crippen molar-refractivity contribution >= 4 is 5.91 Å². The zero-order valence-corrected chi connectivity index (χ0v) is 10.2. The summed E-state index contributed by atoms with van der Waals surface area (Å²) >= 11 is 0. The molecule has 1 fully saturated rings. The number of carbonyl (C=O) groups is 1.